The fourth-order valence-electron chi connectivity index (χ4n) is 1.68. The summed E-state index contributed by atoms with van der Waals surface area (Å²) in [4.78, 5) is 4.31. The zero-order valence-electron chi connectivity index (χ0n) is 8.78. The van der Waals surface area contributed by atoms with Crippen LogP contribution in [0.15, 0.2) is 18.3 Å². The summed E-state index contributed by atoms with van der Waals surface area (Å²) in [5.41, 5.74) is 6.57. The molecule has 1 aliphatic heterocycles. The summed E-state index contributed by atoms with van der Waals surface area (Å²) in [6.07, 6.45) is 3.93. The van der Waals surface area contributed by atoms with Crippen molar-refractivity contribution in [1.82, 2.24) is 4.98 Å². The van der Waals surface area contributed by atoms with E-state index in [-0.39, 0.29) is 0 Å². The van der Waals surface area contributed by atoms with Crippen LogP contribution in [0.25, 0.3) is 0 Å². The molecular weight excluding hydrogens is 190 g/mol. The van der Waals surface area contributed by atoms with Gasteiger partial charge < -0.3 is 15.8 Å². The normalized spacial score (nSPS) is 17.7. The van der Waals surface area contributed by atoms with Crippen LogP contribution in [0.4, 0.5) is 5.82 Å². The zero-order valence-corrected chi connectivity index (χ0v) is 8.78. The van der Waals surface area contributed by atoms with Crippen molar-refractivity contribution >= 4 is 5.82 Å². The lowest BCUT2D eigenvalue weighted by Gasteiger charge is -2.23. The number of nitrogens with zero attached hydrogens (tertiary/aromatic N) is 1. The van der Waals surface area contributed by atoms with Gasteiger partial charge in [0.2, 0.25) is 0 Å². The highest BCUT2D eigenvalue weighted by atomic mass is 16.5. The van der Waals surface area contributed by atoms with Crippen molar-refractivity contribution in [2.75, 3.05) is 18.5 Å². The van der Waals surface area contributed by atoms with Gasteiger partial charge in [-0.3, -0.25) is 0 Å². The highest BCUT2D eigenvalue weighted by Gasteiger charge is 2.13. The molecule has 15 heavy (non-hydrogen) atoms. The van der Waals surface area contributed by atoms with E-state index in [9.17, 15) is 0 Å². The average Bonchev–Trinajstić information content (AvgIpc) is 2.31. The minimum absolute atomic E-state index is 0.495. The smallest absolute Gasteiger partial charge is 0.126 e. The Bertz CT molecular complexity index is 293. The molecule has 0 atom stereocenters. The van der Waals surface area contributed by atoms with Crippen LogP contribution in [0, 0.1) is 0 Å². The molecule has 0 spiro atoms. The van der Waals surface area contributed by atoms with E-state index in [1.165, 1.54) is 0 Å². The fourth-order valence-corrected chi connectivity index (χ4v) is 1.68. The van der Waals surface area contributed by atoms with Crippen molar-refractivity contribution in [1.29, 1.82) is 0 Å². The summed E-state index contributed by atoms with van der Waals surface area (Å²) in [5, 5.41) is 3.40. The van der Waals surface area contributed by atoms with Crippen molar-refractivity contribution in [3.8, 4) is 0 Å². The molecule has 0 bridgehead atoms. The molecule has 4 heteroatoms. The van der Waals surface area contributed by atoms with E-state index in [0.29, 0.717) is 12.6 Å². The molecule has 0 amide bonds. The number of hydrogen-bond donors (Lipinski definition) is 2. The van der Waals surface area contributed by atoms with Crippen molar-refractivity contribution < 1.29 is 4.74 Å². The van der Waals surface area contributed by atoms with Gasteiger partial charge >= 0.3 is 0 Å². The molecule has 1 fully saturated rings. The van der Waals surface area contributed by atoms with Gasteiger partial charge in [-0.05, 0) is 24.5 Å². The third-order valence-electron chi connectivity index (χ3n) is 2.63. The Kier molecular flexibility index (Phi) is 3.53. The Morgan fingerprint density at radius 2 is 2.20 bits per heavy atom. The van der Waals surface area contributed by atoms with E-state index in [2.05, 4.69) is 10.3 Å². The van der Waals surface area contributed by atoms with Gasteiger partial charge in [0.25, 0.3) is 0 Å². The third-order valence-corrected chi connectivity index (χ3v) is 2.63. The van der Waals surface area contributed by atoms with Crippen LogP contribution in [0.3, 0.4) is 0 Å². The van der Waals surface area contributed by atoms with Gasteiger partial charge in [0.05, 0.1) is 0 Å². The summed E-state index contributed by atoms with van der Waals surface area (Å²) in [5.74, 6) is 0.930. The number of rotatable bonds is 3. The van der Waals surface area contributed by atoms with E-state index in [4.69, 9.17) is 10.5 Å². The minimum Gasteiger partial charge on any atom is -0.381 e. The average molecular weight is 207 g/mol. The minimum atomic E-state index is 0.495. The Balaban J connectivity index is 1.91. The molecule has 1 aromatic rings. The third kappa shape index (κ3) is 2.91. The molecule has 2 rings (SSSR count). The van der Waals surface area contributed by atoms with Crippen LogP contribution in [-0.4, -0.2) is 24.2 Å². The molecule has 0 radical (unpaired) electrons. The van der Waals surface area contributed by atoms with Gasteiger partial charge in [-0.15, -0.1) is 0 Å². The number of aromatic nitrogens is 1. The molecule has 3 N–H and O–H groups in total. The van der Waals surface area contributed by atoms with Gasteiger partial charge in [0.1, 0.15) is 5.82 Å². The van der Waals surface area contributed by atoms with Crippen LogP contribution in [-0.2, 0) is 11.3 Å². The predicted octanol–water partition coefficient (Wildman–Crippen LogP) is 1.13. The molecule has 1 saturated heterocycles. The number of nitrogens with one attached hydrogen (secondary N) is 1. The van der Waals surface area contributed by atoms with Crippen LogP contribution in [0.2, 0.25) is 0 Å². The van der Waals surface area contributed by atoms with E-state index in [1.54, 1.807) is 0 Å². The lowest BCUT2D eigenvalue weighted by Crippen LogP contribution is -2.28. The first-order valence-corrected chi connectivity index (χ1v) is 5.38. The molecule has 1 aromatic heterocycles. The van der Waals surface area contributed by atoms with E-state index >= 15 is 0 Å². The Morgan fingerprint density at radius 1 is 1.40 bits per heavy atom. The molecule has 4 nitrogen and oxygen atoms in total. The number of hydrogen-bond acceptors (Lipinski definition) is 4. The quantitative estimate of drug-likeness (QED) is 0.780. The van der Waals surface area contributed by atoms with E-state index in [0.717, 1.165) is 37.4 Å². The topological polar surface area (TPSA) is 60.2 Å². The second-order valence-electron chi connectivity index (χ2n) is 3.79. The molecule has 0 aromatic carbocycles. The van der Waals surface area contributed by atoms with Crippen molar-refractivity contribution in [2.45, 2.75) is 25.4 Å². The maximum atomic E-state index is 5.51. The Labute approximate surface area is 89.8 Å². The zero-order chi connectivity index (χ0) is 10.5. The summed E-state index contributed by atoms with van der Waals surface area (Å²) >= 11 is 0. The second kappa shape index (κ2) is 5.09. The first-order valence-electron chi connectivity index (χ1n) is 5.38. The van der Waals surface area contributed by atoms with Gasteiger partial charge in [0.15, 0.2) is 0 Å². The summed E-state index contributed by atoms with van der Waals surface area (Å²) in [6.45, 7) is 2.24. The Hall–Kier alpha value is -1.13. The molecule has 1 aliphatic rings. The van der Waals surface area contributed by atoms with E-state index in [1.807, 2.05) is 18.3 Å². The van der Waals surface area contributed by atoms with Crippen LogP contribution < -0.4 is 11.1 Å². The Morgan fingerprint density at radius 3 is 2.80 bits per heavy atom. The highest BCUT2D eigenvalue weighted by Crippen LogP contribution is 2.13. The number of ether oxygens (including phenoxy) is 1. The van der Waals surface area contributed by atoms with Gasteiger partial charge in [0, 0.05) is 32.0 Å². The highest BCUT2D eigenvalue weighted by molar-refractivity contribution is 5.36. The van der Waals surface area contributed by atoms with Gasteiger partial charge in [-0.1, -0.05) is 6.07 Å². The molecule has 0 aliphatic carbocycles. The lowest BCUT2D eigenvalue weighted by atomic mass is 10.1. The first-order chi connectivity index (χ1) is 7.38. The predicted molar refractivity (Wildman–Crippen MR) is 59.6 cm³/mol. The van der Waals surface area contributed by atoms with E-state index < -0.39 is 0 Å². The SMILES string of the molecule is NCc1ccc(NC2CCOCC2)nc1. The summed E-state index contributed by atoms with van der Waals surface area (Å²) in [6, 6.07) is 4.49. The number of nitrogens with two attached hydrogens (primary N) is 1. The monoisotopic (exact) mass is 207 g/mol. The van der Waals surface area contributed by atoms with Crippen LogP contribution in [0.1, 0.15) is 18.4 Å². The second-order valence-corrected chi connectivity index (χ2v) is 3.79. The first kappa shape index (κ1) is 10.4. The molecule has 0 unspecified atom stereocenters. The fraction of sp³-hybridized carbons (Fsp3) is 0.545. The standard InChI is InChI=1S/C11H17N3O/c12-7-9-1-2-11(13-8-9)14-10-3-5-15-6-4-10/h1-2,8,10H,3-7,12H2,(H,13,14). The van der Waals surface area contributed by atoms with Gasteiger partial charge in [-0.25, -0.2) is 4.98 Å². The molecule has 82 valence electrons. The maximum Gasteiger partial charge on any atom is 0.126 e. The van der Waals surface area contributed by atoms with Crippen LogP contribution >= 0.6 is 0 Å². The van der Waals surface area contributed by atoms with Crippen molar-refractivity contribution in [3.05, 3.63) is 23.9 Å². The number of anilines is 1. The summed E-state index contributed by atoms with van der Waals surface area (Å²) in [7, 11) is 0. The molecule has 0 saturated carbocycles. The maximum absolute atomic E-state index is 5.51. The molecule has 2 heterocycles. The largest absolute Gasteiger partial charge is 0.381 e. The number of pyridine rings is 1. The van der Waals surface area contributed by atoms with Crippen molar-refractivity contribution in [2.24, 2.45) is 5.73 Å². The van der Waals surface area contributed by atoms with Crippen molar-refractivity contribution in [3.63, 3.8) is 0 Å². The molecular formula is C11H17N3O. The van der Waals surface area contributed by atoms with Crippen LogP contribution in [0.5, 0.6) is 0 Å². The lowest BCUT2D eigenvalue weighted by molar-refractivity contribution is 0.0904. The van der Waals surface area contributed by atoms with Gasteiger partial charge in [-0.2, -0.15) is 0 Å². The summed E-state index contributed by atoms with van der Waals surface area (Å²) < 4.78 is 5.30.